The molecule has 2 aliphatic rings. The predicted octanol–water partition coefficient (Wildman–Crippen LogP) is 4.19. The second-order valence-electron chi connectivity index (χ2n) is 8.56. The Morgan fingerprint density at radius 3 is 2.50 bits per heavy atom. The average Bonchev–Trinajstić information content (AvgIpc) is 2.91. The van der Waals surface area contributed by atoms with Gasteiger partial charge >= 0.3 is 5.97 Å². The number of methoxy groups -OCH3 is 1. The first kappa shape index (κ1) is 18.9. The summed E-state index contributed by atoms with van der Waals surface area (Å²) < 4.78 is 5.18. The Morgan fingerprint density at radius 2 is 1.88 bits per heavy atom. The van der Waals surface area contributed by atoms with Crippen molar-refractivity contribution < 1.29 is 14.3 Å². The van der Waals surface area contributed by atoms with Crippen LogP contribution in [0.4, 0.5) is 0 Å². The number of ether oxygens (including phenoxy) is 1. The monoisotopic (exact) mass is 371 g/mol. The lowest BCUT2D eigenvalue weighted by molar-refractivity contribution is -0.152. The van der Waals surface area contributed by atoms with Gasteiger partial charge in [-0.1, -0.05) is 49.1 Å². The van der Waals surface area contributed by atoms with Gasteiger partial charge in [-0.05, 0) is 44.2 Å². The highest BCUT2D eigenvalue weighted by atomic mass is 28.3. The van der Waals surface area contributed by atoms with Gasteiger partial charge in [-0.15, -0.1) is 0 Å². The fourth-order valence-electron chi connectivity index (χ4n) is 4.54. The molecule has 0 aromatic heterocycles. The molecule has 0 saturated carbocycles. The SMILES string of the molecule is COC(=O)[C@]12CCC/C(=C\[Si](C)(C)C)[C@H](CC1)N2C(=O)c1ccccc1. The minimum absolute atomic E-state index is 0.0102. The van der Waals surface area contributed by atoms with Crippen molar-refractivity contribution in [1.82, 2.24) is 4.90 Å². The fraction of sp³-hybridized carbons (Fsp3) is 0.524. The Morgan fingerprint density at radius 1 is 1.19 bits per heavy atom. The van der Waals surface area contributed by atoms with Crippen molar-refractivity contribution in [3.05, 3.63) is 47.2 Å². The molecule has 0 radical (unpaired) electrons. The number of carbonyl (C=O) groups is 2. The molecular formula is C21H29NO3Si. The topological polar surface area (TPSA) is 46.6 Å². The second-order valence-corrected chi connectivity index (χ2v) is 13.6. The van der Waals surface area contributed by atoms with Crippen molar-refractivity contribution in [2.45, 2.75) is 63.3 Å². The number of amides is 1. The Kier molecular flexibility index (Phi) is 5.11. The normalized spacial score (nSPS) is 27.3. The van der Waals surface area contributed by atoms with Gasteiger partial charge in [0.05, 0.1) is 21.2 Å². The molecular weight excluding hydrogens is 342 g/mol. The van der Waals surface area contributed by atoms with Crippen LogP contribution in [-0.4, -0.2) is 43.5 Å². The molecule has 2 heterocycles. The van der Waals surface area contributed by atoms with E-state index in [4.69, 9.17) is 4.74 Å². The first-order chi connectivity index (χ1) is 12.3. The van der Waals surface area contributed by atoms with E-state index in [1.54, 1.807) is 0 Å². The van der Waals surface area contributed by atoms with Crippen LogP contribution in [0.15, 0.2) is 41.6 Å². The molecule has 140 valence electrons. The average molecular weight is 372 g/mol. The van der Waals surface area contributed by atoms with Crippen LogP contribution in [0.3, 0.4) is 0 Å². The third-order valence-corrected chi connectivity index (χ3v) is 6.75. The van der Waals surface area contributed by atoms with Crippen LogP contribution in [0.25, 0.3) is 0 Å². The number of benzene rings is 1. The number of nitrogens with zero attached hydrogens (tertiary/aromatic N) is 1. The molecule has 0 spiro atoms. The van der Waals surface area contributed by atoms with Gasteiger partial charge in [-0.25, -0.2) is 4.79 Å². The lowest BCUT2D eigenvalue weighted by atomic mass is 9.87. The summed E-state index contributed by atoms with van der Waals surface area (Å²) in [6.45, 7) is 6.95. The largest absolute Gasteiger partial charge is 0.467 e. The highest BCUT2D eigenvalue weighted by Crippen LogP contribution is 2.46. The number of esters is 1. The molecule has 1 aromatic rings. The summed E-state index contributed by atoms with van der Waals surface area (Å²) in [7, 11) is 0.00365. The maximum atomic E-state index is 13.5. The van der Waals surface area contributed by atoms with E-state index in [0.29, 0.717) is 18.4 Å². The van der Waals surface area contributed by atoms with Crippen molar-refractivity contribution in [3.63, 3.8) is 0 Å². The number of hydrogen-bond donors (Lipinski definition) is 0. The number of carbonyl (C=O) groups excluding carboxylic acids is 2. The van der Waals surface area contributed by atoms with E-state index in [-0.39, 0.29) is 17.9 Å². The predicted molar refractivity (Wildman–Crippen MR) is 106 cm³/mol. The van der Waals surface area contributed by atoms with Crippen molar-refractivity contribution in [2.75, 3.05) is 7.11 Å². The van der Waals surface area contributed by atoms with Crippen molar-refractivity contribution in [1.29, 1.82) is 0 Å². The molecule has 2 saturated heterocycles. The minimum atomic E-state index is -1.43. The molecule has 3 rings (SSSR count). The lowest BCUT2D eigenvalue weighted by Gasteiger charge is -2.38. The summed E-state index contributed by atoms with van der Waals surface area (Å²) in [5.74, 6) is -0.319. The van der Waals surface area contributed by atoms with Gasteiger partial charge in [0.25, 0.3) is 5.91 Å². The Hall–Kier alpha value is -1.88. The first-order valence-electron chi connectivity index (χ1n) is 9.47. The van der Waals surface area contributed by atoms with E-state index in [9.17, 15) is 9.59 Å². The summed E-state index contributed by atoms with van der Waals surface area (Å²) in [5, 5.41) is 0. The molecule has 2 bridgehead atoms. The van der Waals surface area contributed by atoms with Crippen LogP contribution in [0.5, 0.6) is 0 Å². The van der Waals surface area contributed by atoms with Gasteiger partial charge in [-0.3, -0.25) is 4.79 Å². The highest BCUT2D eigenvalue weighted by molar-refractivity contribution is 6.81. The zero-order valence-electron chi connectivity index (χ0n) is 16.2. The maximum absolute atomic E-state index is 13.5. The number of rotatable bonds is 3. The Bertz CT molecular complexity index is 723. The fourth-order valence-corrected chi connectivity index (χ4v) is 5.99. The van der Waals surface area contributed by atoms with E-state index in [1.165, 1.54) is 12.7 Å². The highest BCUT2D eigenvalue weighted by Gasteiger charge is 2.56. The third kappa shape index (κ3) is 3.37. The molecule has 4 nitrogen and oxygen atoms in total. The standard InChI is InChI=1S/C21H29NO3Si/c1-25-20(24)21-13-8-11-17(15-26(2,3)4)18(12-14-21)22(21)19(23)16-9-6-5-7-10-16/h5-7,9-10,15,18H,8,11-14H2,1-4H3/b17-15+/t18-,21-/m0/s1. The molecule has 2 fully saturated rings. The molecule has 26 heavy (non-hydrogen) atoms. The summed E-state index contributed by atoms with van der Waals surface area (Å²) in [4.78, 5) is 28.1. The zero-order chi connectivity index (χ0) is 18.9. The Labute approximate surface area is 157 Å². The summed E-state index contributed by atoms with van der Waals surface area (Å²) in [5.41, 5.74) is 3.60. The molecule has 5 heteroatoms. The van der Waals surface area contributed by atoms with Crippen molar-refractivity contribution in [2.24, 2.45) is 0 Å². The van der Waals surface area contributed by atoms with Crippen LogP contribution in [0.2, 0.25) is 19.6 Å². The van der Waals surface area contributed by atoms with Crippen LogP contribution in [-0.2, 0) is 9.53 Å². The zero-order valence-corrected chi connectivity index (χ0v) is 17.2. The molecule has 0 aliphatic carbocycles. The van der Waals surface area contributed by atoms with Crippen LogP contribution in [0, 0.1) is 0 Å². The second kappa shape index (κ2) is 7.03. The smallest absolute Gasteiger partial charge is 0.331 e. The maximum Gasteiger partial charge on any atom is 0.331 e. The van der Waals surface area contributed by atoms with Gasteiger partial charge in [0, 0.05) is 5.56 Å². The molecule has 1 amide bonds. The number of hydrogen-bond acceptors (Lipinski definition) is 3. The van der Waals surface area contributed by atoms with Crippen LogP contribution >= 0.6 is 0 Å². The van der Waals surface area contributed by atoms with Gasteiger partial charge < -0.3 is 9.64 Å². The Balaban J connectivity index is 2.09. The first-order valence-corrected chi connectivity index (χ1v) is 13.0. The number of fused-ring (bicyclic) bond motifs is 2. The van der Waals surface area contributed by atoms with Gasteiger partial charge in [0.1, 0.15) is 5.54 Å². The summed E-state index contributed by atoms with van der Waals surface area (Å²) in [6.07, 6.45) is 4.08. The molecule has 2 atom stereocenters. The lowest BCUT2D eigenvalue weighted by Crippen LogP contribution is -2.55. The third-order valence-electron chi connectivity index (χ3n) is 5.51. The molecule has 0 unspecified atom stereocenters. The quantitative estimate of drug-likeness (QED) is 0.591. The van der Waals surface area contributed by atoms with E-state index in [0.717, 1.165) is 19.3 Å². The van der Waals surface area contributed by atoms with Gasteiger partial charge in [0.15, 0.2) is 0 Å². The van der Waals surface area contributed by atoms with Gasteiger partial charge in [0.2, 0.25) is 0 Å². The van der Waals surface area contributed by atoms with E-state index >= 15 is 0 Å². The van der Waals surface area contributed by atoms with Gasteiger partial charge in [-0.2, -0.15) is 0 Å². The molecule has 1 aromatic carbocycles. The summed E-state index contributed by atoms with van der Waals surface area (Å²) >= 11 is 0. The van der Waals surface area contributed by atoms with E-state index in [2.05, 4.69) is 25.3 Å². The van der Waals surface area contributed by atoms with Crippen molar-refractivity contribution >= 4 is 20.0 Å². The summed E-state index contributed by atoms with van der Waals surface area (Å²) in [6, 6.07) is 9.32. The molecule has 0 N–H and O–H groups in total. The van der Waals surface area contributed by atoms with Crippen LogP contribution in [0.1, 0.15) is 42.5 Å². The minimum Gasteiger partial charge on any atom is -0.467 e. The molecule has 2 aliphatic heterocycles. The van der Waals surface area contributed by atoms with Crippen LogP contribution < -0.4 is 0 Å². The van der Waals surface area contributed by atoms with E-state index in [1.807, 2.05) is 35.2 Å². The van der Waals surface area contributed by atoms with Crippen molar-refractivity contribution in [3.8, 4) is 0 Å². The van der Waals surface area contributed by atoms with E-state index < -0.39 is 13.6 Å².